The minimum atomic E-state index is -0.342. The number of hydrazone groups is 1. The Balaban J connectivity index is 1.94. The summed E-state index contributed by atoms with van der Waals surface area (Å²) in [5.74, 6) is -0.186. The fourth-order valence-corrected chi connectivity index (χ4v) is 2.10. The molecule has 0 saturated heterocycles. The van der Waals surface area contributed by atoms with E-state index in [1.165, 1.54) is 6.21 Å². The molecule has 0 fully saturated rings. The zero-order chi connectivity index (χ0) is 15.8. The van der Waals surface area contributed by atoms with E-state index in [0.717, 1.165) is 11.3 Å². The van der Waals surface area contributed by atoms with Crippen LogP contribution in [0, 0.1) is 0 Å². The highest BCUT2D eigenvalue weighted by Crippen LogP contribution is 2.12. The summed E-state index contributed by atoms with van der Waals surface area (Å²) in [6, 6.07) is 16.6. The highest BCUT2D eigenvalue weighted by Gasteiger charge is 2.15. The van der Waals surface area contributed by atoms with Crippen molar-refractivity contribution in [1.82, 2.24) is 5.43 Å². The summed E-state index contributed by atoms with van der Waals surface area (Å²) in [5.41, 5.74) is 4.20. The topological polar surface area (TPSA) is 53.5 Å². The molecule has 1 atom stereocenters. The minimum Gasteiger partial charge on any atom is -0.374 e. The van der Waals surface area contributed by atoms with E-state index in [2.05, 4.69) is 15.8 Å². The number of nitrogens with zero attached hydrogens (tertiary/aromatic N) is 1. The van der Waals surface area contributed by atoms with Crippen LogP contribution in [-0.4, -0.2) is 18.2 Å². The average molecular weight is 316 g/mol. The number of rotatable bonds is 6. The zero-order valence-electron chi connectivity index (χ0n) is 12.3. The maximum absolute atomic E-state index is 12.1. The second-order valence-corrected chi connectivity index (χ2v) is 5.13. The Kier molecular flexibility index (Phi) is 5.98. The van der Waals surface area contributed by atoms with Crippen molar-refractivity contribution in [2.45, 2.75) is 19.4 Å². The number of benzene rings is 2. The van der Waals surface area contributed by atoms with Crippen molar-refractivity contribution in [2.24, 2.45) is 5.10 Å². The Morgan fingerprint density at radius 2 is 1.86 bits per heavy atom. The lowest BCUT2D eigenvalue weighted by Gasteiger charge is -2.16. The number of nitrogens with one attached hydrogen (secondary N) is 2. The SMILES string of the molecule is CC[C@@H](Nc1ccccc1)C(=O)N/N=C\c1ccccc1Cl. The van der Waals surface area contributed by atoms with Crippen molar-refractivity contribution in [3.05, 3.63) is 65.2 Å². The Morgan fingerprint density at radius 3 is 2.55 bits per heavy atom. The third-order valence-corrected chi connectivity index (χ3v) is 3.47. The molecule has 0 spiro atoms. The molecule has 2 aromatic rings. The summed E-state index contributed by atoms with van der Waals surface area (Å²) in [6.45, 7) is 1.94. The van der Waals surface area contributed by atoms with Gasteiger partial charge in [-0.05, 0) is 24.6 Å². The molecular weight excluding hydrogens is 298 g/mol. The second-order valence-electron chi connectivity index (χ2n) is 4.73. The lowest BCUT2D eigenvalue weighted by atomic mass is 10.2. The molecule has 4 nitrogen and oxygen atoms in total. The fraction of sp³-hybridized carbons (Fsp3) is 0.176. The average Bonchev–Trinajstić information content (AvgIpc) is 2.55. The van der Waals surface area contributed by atoms with Gasteiger partial charge in [0.25, 0.3) is 5.91 Å². The molecule has 22 heavy (non-hydrogen) atoms. The lowest BCUT2D eigenvalue weighted by molar-refractivity contribution is -0.121. The number of carbonyl (C=O) groups excluding carboxylic acids is 1. The predicted octanol–water partition coefficient (Wildman–Crippen LogP) is 3.68. The first-order valence-corrected chi connectivity index (χ1v) is 7.47. The van der Waals surface area contributed by atoms with Crippen LogP contribution in [0.15, 0.2) is 59.7 Å². The molecule has 2 N–H and O–H groups in total. The van der Waals surface area contributed by atoms with Gasteiger partial charge in [0.1, 0.15) is 6.04 Å². The molecule has 1 amide bonds. The Hall–Kier alpha value is -2.33. The van der Waals surface area contributed by atoms with Crippen LogP contribution in [-0.2, 0) is 4.79 Å². The molecule has 0 aliphatic heterocycles. The van der Waals surface area contributed by atoms with Crippen LogP contribution in [0.2, 0.25) is 5.02 Å². The summed E-state index contributed by atoms with van der Waals surface area (Å²) in [6.07, 6.45) is 2.19. The quantitative estimate of drug-likeness (QED) is 0.631. The van der Waals surface area contributed by atoms with E-state index in [-0.39, 0.29) is 11.9 Å². The molecule has 5 heteroatoms. The number of anilines is 1. The van der Waals surface area contributed by atoms with Gasteiger partial charge in [-0.3, -0.25) is 4.79 Å². The van der Waals surface area contributed by atoms with Crippen LogP contribution < -0.4 is 10.7 Å². The van der Waals surface area contributed by atoms with E-state index >= 15 is 0 Å². The minimum absolute atomic E-state index is 0.186. The van der Waals surface area contributed by atoms with E-state index in [1.807, 2.05) is 55.5 Å². The molecule has 0 radical (unpaired) electrons. The monoisotopic (exact) mass is 315 g/mol. The summed E-state index contributed by atoms with van der Waals surface area (Å²) >= 11 is 6.02. The van der Waals surface area contributed by atoms with Gasteiger partial charge in [-0.2, -0.15) is 5.10 Å². The van der Waals surface area contributed by atoms with Gasteiger partial charge in [0, 0.05) is 16.3 Å². The van der Waals surface area contributed by atoms with Gasteiger partial charge in [0.2, 0.25) is 0 Å². The molecule has 0 saturated carbocycles. The van der Waals surface area contributed by atoms with Crippen LogP contribution in [0.4, 0.5) is 5.69 Å². The maximum atomic E-state index is 12.1. The number of carbonyl (C=O) groups is 1. The van der Waals surface area contributed by atoms with Crippen LogP contribution >= 0.6 is 11.6 Å². The first kappa shape index (κ1) is 16.0. The molecule has 0 bridgehead atoms. The summed E-state index contributed by atoms with van der Waals surface area (Å²) in [5, 5.41) is 7.73. The van der Waals surface area contributed by atoms with E-state index in [0.29, 0.717) is 11.4 Å². The molecule has 0 unspecified atom stereocenters. The molecule has 0 aliphatic carbocycles. The standard InChI is InChI=1S/C17H18ClN3O/c1-2-16(20-14-9-4-3-5-10-14)17(22)21-19-12-13-8-6-7-11-15(13)18/h3-12,16,20H,2H2,1H3,(H,21,22)/b19-12-/t16-/m1/s1. The van der Waals surface area contributed by atoms with E-state index in [4.69, 9.17) is 11.6 Å². The fourth-order valence-electron chi connectivity index (χ4n) is 1.91. The molecule has 114 valence electrons. The third kappa shape index (κ3) is 4.60. The summed E-state index contributed by atoms with van der Waals surface area (Å²) in [7, 11) is 0. The van der Waals surface area contributed by atoms with E-state index in [1.54, 1.807) is 6.07 Å². The predicted molar refractivity (Wildman–Crippen MR) is 91.3 cm³/mol. The molecule has 0 heterocycles. The molecule has 0 aliphatic rings. The van der Waals surface area contributed by atoms with Crippen molar-refractivity contribution in [3.63, 3.8) is 0 Å². The maximum Gasteiger partial charge on any atom is 0.262 e. The Morgan fingerprint density at radius 1 is 1.18 bits per heavy atom. The van der Waals surface area contributed by atoms with Gasteiger partial charge in [0.05, 0.1) is 6.21 Å². The number of para-hydroxylation sites is 1. The van der Waals surface area contributed by atoms with Crippen molar-refractivity contribution in [2.75, 3.05) is 5.32 Å². The molecule has 2 aromatic carbocycles. The number of hydrogen-bond acceptors (Lipinski definition) is 3. The zero-order valence-corrected chi connectivity index (χ0v) is 13.0. The summed E-state index contributed by atoms with van der Waals surface area (Å²) in [4.78, 5) is 12.1. The highest BCUT2D eigenvalue weighted by molar-refractivity contribution is 6.33. The smallest absolute Gasteiger partial charge is 0.262 e. The number of hydrogen-bond donors (Lipinski definition) is 2. The third-order valence-electron chi connectivity index (χ3n) is 3.12. The van der Waals surface area contributed by atoms with Gasteiger partial charge < -0.3 is 5.32 Å². The van der Waals surface area contributed by atoms with Gasteiger partial charge in [-0.25, -0.2) is 5.43 Å². The van der Waals surface area contributed by atoms with Crippen molar-refractivity contribution in [3.8, 4) is 0 Å². The van der Waals surface area contributed by atoms with Crippen LogP contribution in [0.5, 0.6) is 0 Å². The van der Waals surface area contributed by atoms with Crippen molar-refractivity contribution >= 4 is 29.4 Å². The first-order valence-electron chi connectivity index (χ1n) is 7.09. The second kappa shape index (κ2) is 8.20. The van der Waals surface area contributed by atoms with Crippen LogP contribution in [0.3, 0.4) is 0 Å². The summed E-state index contributed by atoms with van der Waals surface area (Å²) < 4.78 is 0. The van der Waals surface area contributed by atoms with E-state index < -0.39 is 0 Å². The lowest BCUT2D eigenvalue weighted by Crippen LogP contribution is -2.36. The molecular formula is C17H18ClN3O. The molecule has 0 aromatic heterocycles. The van der Waals surface area contributed by atoms with Gasteiger partial charge in [-0.1, -0.05) is 54.9 Å². The van der Waals surface area contributed by atoms with Crippen LogP contribution in [0.1, 0.15) is 18.9 Å². The number of halogens is 1. The first-order chi connectivity index (χ1) is 10.7. The Bertz CT molecular complexity index is 643. The van der Waals surface area contributed by atoms with E-state index in [9.17, 15) is 4.79 Å². The highest BCUT2D eigenvalue weighted by atomic mass is 35.5. The van der Waals surface area contributed by atoms with Gasteiger partial charge in [0.15, 0.2) is 0 Å². The largest absolute Gasteiger partial charge is 0.374 e. The van der Waals surface area contributed by atoms with Crippen LogP contribution in [0.25, 0.3) is 0 Å². The van der Waals surface area contributed by atoms with Gasteiger partial charge >= 0.3 is 0 Å². The molecule has 2 rings (SSSR count). The van der Waals surface area contributed by atoms with Crippen molar-refractivity contribution in [1.29, 1.82) is 0 Å². The normalized spacial score (nSPS) is 12.1. The number of amides is 1. The van der Waals surface area contributed by atoms with Crippen molar-refractivity contribution < 1.29 is 4.79 Å². The van der Waals surface area contributed by atoms with Gasteiger partial charge in [-0.15, -0.1) is 0 Å². The Labute approximate surface area is 135 Å².